The molecule has 27 heavy (non-hydrogen) atoms. The minimum absolute atomic E-state index is 0.235. The molecule has 0 aliphatic carbocycles. The molecular weight excluding hydrogens is 342 g/mol. The summed E-state index contributed by atoms with van der Waals surface area (Å²) in [4.78, 5) is 28.0. The first-order chi connectivity index (χ1) is 12.5. The fourth-order valence-electron chi connectivity index (χ4n) is 3.12. The average molecular weight is 371 g/mol. The Morgan fingerprint density at radius 3 is 2.22 bits per heavy atom. The number of ether oxygens (including phenoxy) is 2. The fourth-order valence-corrected chi connectivity index (χ4v) is 3.12. The van der Waals surface area contributed by atoms with Crippen molar-refractivity contribution in [2.24, 2.45) is 0 Å². The summed E-state index contributed by atoms with van der Waals surface area (Å²) in [5.41, 5.74) is 4.91. The number of aryl methyl sites for hydroxylation is 3. The van der Waals surface area contributed by atoms with E-state index >= 15 is 0 Å². The Balaban J connectivity index is 2.85. The normalized spacial score (nSPS) is 12.7. The maximum Gasteiger partial charge on any atom is 0.339 e. The second kappa shape index (κ2) is 7.69. The summed E-state index contributed by atoms with van der Waals surface area (Å²) < 4.78 is 11.1. The average Bonchev–Trinajstić information content (AvgIpc) is 2.57. The van der Waals surface area contributed by atoms with Gasteiger partial charge in [-0.1, -0.05) is 18.2 Å². The predicted octanol–water partition coefficient (Wildman–Crippen LogP) is 4.30. The number of methoxy groups -OCH3 is 1. The minimum atomic E-state index is -0.993. The highest BCUT2D eigenvalue weighted by Gasteiger charge is 2.33. The molecule has 0 fully saturated rings. The van der Waals surface area contributed by atoms with Gasteiger partial charge in [0.05, 0.1) is 12.7 Å². The number of esters is 1. The highest BCUT2D eigenvalue weighted by atomic mass is 16.6. The summed E-state index contributed by atoms with van der Waals surface area (Å²) >= 11 is 0. The second-order valence-electron chi connectivity index (χ2n) is 7.93. The number of benzene rings is 1. The number of carbonyl (C=O) groups is 1. The van der Waals surface area contributed by atoms with Crippen LogP contribution in [-0.4, -0.2) is 23.7 Å². The molecule has 1 unspecified atom stereocenters. The molecule has 1 aromatic carbocycles. The van der Waals surface area contributed by atoms with Gasteiger partial charge in [-0.3, -0.25) is 4.79 Å². The van der Waals surface area contributed by atoms with E-state index in [0.717, 1.165) is 16.7 Å². The molecule has 1 N–H and O–H groups in total. The van der Waals surface area contributed by atoms with E-state index < -0.39 is 17.7 Å². The summed E-state index contributed by atoms with van der Waals surface area (Å²) in [6.45, 7) is 13.2. The molecule has 1 heterocycles. The third-order valence-corrected chi connectivity index (χ3v) is 4.63. The van der Waals surface area contributed by atoms with Crippen LogP contribution in [0.5, 0.6) is 0 Å². The second-order valence-corrected chi connectivity index (χ2v) is 7.93. The van der Waals surface area contributed by atoms with E-state index in [9.17, 15) is 9.59 Å². The quantitative estimate of drug-likeness (QED) is 0.814. The monoisotopic (exact) mass is 371 g/mol. The van der Waals surface area contributed by atoms with Crippen LogP contribution in [0.25, 0.3) is 11.1 Å². The smallest absolute Gasteiger partial charge is 0.339 e. The van der Waals surface area contributed by atoms with Crippen LogP contribution in [0.1, 0.15) is 54.8 Å². The lowest BCUT2D eigenvalue weighted by Gasteiger charge is -2.29. The molecule has 0 aliphatic rings. The van der Waals surface area contributed by atoms with E-state index in [1.807, 2.05) is 53.7 Å². The van der Waals surface area contributed by atoms with Gasteiger partial charge in [0.25, 0.3) is 5.56 Å². The zero-order valence-corrected chi connectivity index (χ0v) is 17.4. The zero-order valence-electron chi connectivity index (χ0n) is 17.4. The summed E-state index contributed by atoms with van der Waals surface area (Å²) in [7, 11) is 1.33. The summed E-state index contributed by atoms with van der Waals surface area (Å²) in [5, 5.41) is 0. The van der Waals surface area contributed by atoms with Crippen molar-refractivity contribution in [1.29, 1.82) is 0 Å². The summed E-state index contributed by atoms with van der Waals surface area (Å²) in [6.07, 6.45) is -0.993. The Morgan fingerprint density at radius 2 is 1.70 bits per heavy atom. The molecule has 0 saturated heterocycles. The maximum atomic E-state index is 12.6. The number of pyridine rings is 1. The molecule has 146 valence electrons. The van der Waals surface area contributed by atoms with Crippen molar-refractivity contribution < 1.29 is 14.3 Å². The van der Waals surface area contributed by atoms with E-state index in [1.165, 1.54) is 12.7 Å². The van der Waals surface area contributed by atoms with Gasteiger partial charge in [-0.2, -0.15) is 0 Å². The Bertz CT molecular complexity index is 919. The van der Waals surface area contributed by atoms with Crippen LogP contribution in [0.15, 0.2) is 23.0 Å². The number of hydrogen-bond donors (Lipinski definition) is 1. The molecule has 1 atom stereocenters. The molecule has 0 radical (unpaired) electrons. The highest BCUT2D eigenvalue weighted by molar-refractivity contribution is 5.83. The Morgan fingerprint density at radius 1 is 1.07 bits per heavy atom. The van der Waals surface area contributed by atoms with Gasteiger partial charge in [0.15, 0.2) is 6.10 Å². The lowest BCUT2D eigenvalue weighted by molar-refractivity contribution is -0.164. The number of aromatic amines is 1. The van der Waals surface area contributed by atoms with Gasteiger partial charge in [0.2, 0.25) is 0 Å². The molecule has 2 rings (SSSR count). The maximum absolute atomic E-state index is 12.6. The molecular formula is C22H29NO4. The standard InChI is InChI=1S/C22H29NO4/c1-12-9-10-16(11-13(12)2)18-15(4)23-20(24)14(3)17(18)19(21(25)26-8)27-22(5,6)7/h9-11,19H,1-8H3,(H,23,24). The summed E-state index contributed by atoms with van der Waals surface area (Å²) in [5.74, 6) is -0.525. The first-order valence-corrected chi connectivity index (χ1v) is 9.03. The van der Waals surface area contributed by atoms with Gasteiger partial charge in [0, 0.05) is 22.4 Å². The van der Waals surface area contributed by atoms with Crippen molar-refractivity contribution in [3.8, 4) is 11.1 Å². The molecule has 0 spiro atoms. The third-order valence-electron chi connectivity index (χ3n) is 4.63. The van der Waals surface area contributed by atoms with E-state index in [-0.39, 0.29) is 5.56 Å². The number of nitrogens with one attached hydrogen (secondary N) is 1. The predicted molar refractivity (Wildman–Crippen MR) is 107 cm³/mol. The molecule has 0 bridgehead atoms. The summed E-state index contributed by atoms with van der Waals surface area (Å²) in [6, 6.07) is 6.09. The Hall–Kier alpha value is -2.40. The Labute approximate surface area is 160 Å². The lowest BCUT2D eigenvalue weighted by Crippen LogP contribution is -2.31. The third kappa shape index (κ3) is 4.48. The van der Waals surface area contributed by atoms with Crippen LogP contribution in [-0.2, 0) is 14.3 Å². The topological polar surface area (TPSA) is 68.4 Å². The van der Waals surface area contributed by atoms with Crippen LogP contribution in [0, 0.1) is 27.7 Å². The van der Waals surface area contributed by atoms with E-state index in [0.29, 0.717) is 16.8 Å². The molecule has 0 amide bonds. The van der Waals surface area contributed by atoms with Crippen molar-refractivity contribution in [2.75, 3.05) is 7.11 Å². The number of hydrogen-bond acceptors (Lipinski definition) is 4. The van der Waals surface area contributed by atoms with E-state index in [2.05, 4.69) is 11.1 Å². The van der Waals surface area contributed by atoms with Gasteiger partial charge < -0.3 is 14.5 Å². The van der Waals surface area contributed by atoms with Crippen LogP contribution in [0.3, 0.4) is 0 Å². The van der Waals surface area contributed by atoms with Crippen molar-refractivity contribution >= 4 is 5.97 Å². The number of H-pyrrole nitrogens is 1. The SMILES string of the molecule is COC(=O)C(OC(C)(C)C)c1c(-c2ccc(C)c(C)c2)c(C)[nH]c(=O)c1C. The van der Waals surface area contributed by atoms with E-state index in [1.54, 1.807) is 6.92 Å². The lowest BCUT2D eigenvalue weighted by atomic mass is 9.90. The molecule has 1 aromatic heterocycles. The van der Waals surface area contributed by atoms with Crippen molar-refractivity contribution in [1.82, 2.24) is 4.98 Å². The van der Waals surface area contributed by atoms with Crippen LogP contribution >= 0.6 is 0 Å². The van der Waals surface area contributed by atoms with Crippen molar-refractivity contribution in [2.45, 2.75) is 60.2 Å². The largest absolute Gasteiger partial charge is 0.467 e. The molecule has 2 aromatic rings. The van der Waals surface area contributed by atoms with Crippen molar-refractivity contribution in [3.63, 3.8) is 0 Å². The zero-order chi connectivity index (χ0) is 20.5. The molecule has 5 heteroatoms. The number of carbonyl (C=O) groups excluding carboxylic acids is 1. The van der Waals surface area contributed by atoms with Crippen LogP contribution < -0.4 is 5.56 Å². The highest BCUT2D eigenvalue weighted by Crippen LogP contribution is 2.36. The fraction of sp³-hybridized carbons (Fsp3) is 0.455. The molecule has 0 saturated carbocycles. The van der Waals surface area contributed by atoms with Crippen LogP contribution in [0.4, 0.5) is 0 Å². The molecule has 5 nitrogen and oxygen atoms in total. The van der Waals surface area contributed by atoms with E-state index in [4.69, 9.17) is 9.47 Å². The van der Waals surface area contributed by atoms with Gasteiger partial charge in [-0.15, -0.1) is 0 Å². The van der Waals surface area contributed by atoms with Gasteiger partial charge in [-0.25, -0.2) is 4.79 Å². The minimum Gasteiger partial charge on any atom is -0.467 e. The van der Waals surface area contributed by atoms with Crippen LogP contribution in [0.2, 0.25) is 0 Å². The number of aromatic nitrogens is 1. The van der Waals surface area contributed by atoms with Gasteiger partial charge in [0.1, 0.15) is 0 Å². The van der Waals surface area contributed by atoms with Crippen molar-refractivity contribution in [3.05, 3.63) is 56.5 Å². The first-order valence-electron chi connectivity index (χ1n) is 9.03. The van der Waals surface area contributed by atoms with Gasteiger partial charge in [-0.05, 0) is 65.2 Å². The van der Waals surface area contributed by atoms with Gasteiger partial charge >= 0.3 is 5.97 Å². The first kappa shape index (κ1) is 20.9. The number of rotatable bonds is 4. The Kier molecular flexibility index (Phi) is 5.95. The molecule has 0 aliphatic heterocycles.